The number of fused-ring (bicyclic) bond motifs is 4. The smallest absolute Gasteiger partial charge is 0.349 e. The second kappa shape index (κ2) is 3.81. The summed E-state index contributed by atoms with van der Waals surface area (Å²) >= 11 is 0. The molecule has 0 aliphatic heterocycles. The average molecular weight is 263 g/mol. The Kier molecular flexibility index (Phi) is 2.09. The van der Waals surface area contributed by atoms with Crippen molar-refractivity contribution in [3.63, 3.8) is 0 Å². The lowest BCUT2D eigenvalue weighted by molar-refractivity contribution is 0.569. The number of rotatable bonds is 0. The Hall–Kier alpha value is -2.88. The molecule has 0 aliphatic carbocycles. The van der Waals surface area contributed by atoms with E-state index >= 15 is 0 Å². The minimum Gasteiger partial charge on any atom is -0.422 e. The highest BCUT2D eigenvalue weighted by atomic mass is 16.4. The Morgan fingerprint density at radius 2 is 1.55 bits per heavy atom. The van der Waals surface area contributed by atoms with Crippen molar-refractivity contribution in [2.24, 2.45) is 0 Å². The number of pyridine rings is 1. The molecule has 0 fully saturated rings. The van der Waals surface area contributed by atoms with Gasteiger partial charge < -0.3 is 9.40 Å². The van der Waals surface area contributed by atoms with Crippen LogP contribution in [0.15, 0.2) is 62.5 Å². The monoisotopic (exact) mass is 263 g/mol. The van der Waals surface area contributed by atoms with Gasteiger partial charge in [0.2, 0.25) is 5.43 Å². The third-order valence-corrected chi connectivity index (χ3v) is 3.47. The molecule has 2 heterocycles. The summed E-state index contributed by atoms with van der Waals surface area (Å²) in [6.45, 7) is 0. The van der Waals surface area contributed by atoms with Crippen molar-refractivity contribution in [2.45, 2.75) is 0 Å². The highest BCUT2D eigenvalue weighted by Gasteiger charge is 2.13. The van der Waals surface area contributed by atoms with Crippen LogP contribution in [0.25, 0.3) is 32.8 Å². The van der Waals surface area contributed by atoms with Crippen molar-refractivity contribution < 1.29 is 4.42 Å². The van der Waals surface area contributed by atoms with E-state index in [1.165, 1.54) is 0 Å². The molecule has 1 N–H and O–H groups in total. The van der Waals surface area contributed by atoms with Crippen LogP contribution >= 0.6 is 0 Å². The fourth-order valence-electron chi connectivity index (χ4n) is 2.55. The van der Waals surface area contributed by atoms with Gasteiger partial charge in [0.1, 0.15) is 11.0 Å². The summed E-state index contributed by atoms with van der Waals surface area (Å²) in [6.07, 6.45) is 0. The van der Waals surface area contributed by atoms with Crippen molar-refractivity contribution in [1.82, 2.24) is 4.98 Å². The number of H-pyrrole nitrogens is 1. The summed E-state index contributed by atoms with van der Waals surface area (Å²) in [5, 5.41) is 1.29. The molecule has 0 atom stereocenters. The van der Waals surface area contributed by atoms with Gasteiger partial charge in [0.05, 0.1) is 5.52 Å². The molecular formula is C16H9NO3. The van der Waals surface area contributed by atoms with Gasteiger partial charge in [-0.1, -0.05) is 24.3 Å². The van der Waals surface area contributed by atoms with Gasteiger partial charge in [-0.05, 0) is 24.3 Å². The number of hydrogen-bond donors (Lipinski definition) is 1. The number of para-hydroxylation sites is 2. The van der Waals surface area contributed by atoms with E-state index in [1.807, 2.05) is 24.3 Å². The van der Waals surface area contributed by atoms with E-state index in [1.54, 1.807) is 24.3 Å². The Morgan fingerprint density at radius 1 is 0.850 bits per heavy atom. The summed E-state index contributed by atoms with van der Waals surface area (Å²) in [7, 11) is 0. The van der Waals surface area contributed by atoms with Crippen molar-refractivity contribution in [3.05, 3.63) is 69.2 Å². The van der Waals surface area contributed by atoms with Crippen LogP contribution in [0, 0.1) is 0 Å². The first-order valence-corrected chi connectivity index (χ1v) is 6.22. The molecule has 4 rings (SSSR count). The minimum atomic E-state index is -0.606. The van der Waals surface area contributed by atoms with E-state index in [9.17, 15) is 9.59 Å². The van der Waals surface area contributed by atoms with Crippen LogP contribution in [-0.2, 0) is 0 Å². The van der Waals surface area contributed by atoms with Crippen LogP contribution in [0.4, 0.5) is 0 Å². The van der Waals surface area contributed by atoms with Crippen LogP contribution in [0.2, 0.25) is 0 Å². The molecule has 20 heavy (non-hydrogen) atoms. The Labute approximate surface area is 112 Å². The largest absolute Gasteiger partial charge is 0.422 e. The van der Waals surface area contributed by atoms with E-state index in [4.69, 9.17) is 4.42 Å². The molecule has 0 bridgehead atoms. The predicted molar refractivity (Wildman–Crippen MR) is 78.1 cm³/mol. The van der Waals surface area contributed by atoms with Crippen molar-refractivity contribution >= 4 is 32.8 Å². The van der Waals surface area contributed by atoms with Gasteiger partial charge >= 0.3 is 5.63 Å². The standard InChI is InChI=1S/C16H9NO3/c18-15-9-5-1-3-7-11(9)17-14-10-6-2-4-8-12(10)20-16(19)13(14)15/h1-8H,(H,17,18). The maximum absolute atomic E-state index is 12.5. The molecular weight excluding hydrogens is 254 g/mol. The second-order valence-electron chi connectivity index (χ2n) is 4.64. The number of hydrogen-bond acceptors (Lipinski definition) is 3. The lowest BCUT2D eigenvalue weighted by Crippen LogP contribution is -2.14. The molecule has 2 aromatic carbocycles. The number of aromatic nitrogens is 1. The molecule has 4 aromatic rings. The van der Waals surface area contributed by atoms with E-state index < -0.39 is 5.63 Å². The maximum Gasteiger partial charge on any atom is 0.349 e. The van der Waals surface area contributed by atoms with Gasteiger partial charge in [-0.2, -0.15) is 0 Å². The highest BCUT2D eigenvalue weighted by molar-refractivity contribution is 6.05. The SMILES string of the molecule is O=c1oc2ccccc2c2[nH]c3ccccc3c(=O)c12. The van der Waals surface area contributed by atoms with E-state index in [2.05, 4.69) is 4.98 Å². The topological polar surface area (TPSA) is 63.1 Å². The first-order valence-electron chi connectivity index (χ1n) is 6.22. The Balaban J connectivity index is 2.43. The quantitative estimate of drug-likeness (QED) is 0.301. The number of benzene rings is 2. The van der Waals surface area contributed by atoms with Crippen LogP contribution in [-0.4, -0.2) is 4.98 Å². The third kappa shape index (κ3) is 1.36. The average Bonchev–Trinajstić information content (AvgIpc) is 2.47. The fraction of sp³-hybridized carbons (Fsp3) is 0. The van der Waals surface area contributed by atoms with Crippen molar-refractivity contribution in [1.29, 1.82) is 0 Å². The lowest BCUT2D eigenvalue weighted by atomic mass is 10.1. The summed E-state index contributed by atoms with van der Waals surface area (Å²) in [5.41, 5.74) is 0.803. The van der Waals surface area contributed by atoms with E-state index in [0.29, 0.717) is 22.0 Å². The van der Waals surface area contributed by atoms with Gasteiger partial charge in [0.25, 0.3) is 0 Å². The van der Waals surface area contributed by atoms with Gasteiger partial charge in [-0.25, -0.2) is 4.79 Å². The normalized spacial score (nSPS) is 11.4. The molecule has 4 heteroatoms. The molecule has 0 unspecified atom stereocenters. The van der Waals surface area contributed by atoms with Crippen LogP contribution in [0.5, 0.6) is 0 Å². The molecule has 96 valence electrons. The van der Waals surface area contributed by atoms with Gasteiger partial charge in [0.15, 0.2) is 0 Å². The van der Waals surface area contributed by atoms with Crippen LogP contribution < -0.4 is 11.1 Å². The third-order valence-electron chi connectivity index (χ3n) is 3.47. The van der Waals surface area contributed by atoms with Crippen molar-refractivity contribution in [3.8, 4) is 0 Å². The summed E-state index contributed by atoms with van der Waals surface area (Å²) < 4.78 is 5.23. The summed E-state index contributed by atoms with van der Waals surface area (Å²) in [6, 6.07) is 14.3. The fourth-order valence-corrected chi connectivity index (χ4v) is 2.55. The number of nitrogens with one attached hydrogen (secondary N) is 1. The molecule has 0 saturated carbocycles. The summed E-state index contributed by atoms with van der Waals surface area (Å²) in [4.78, 5) is 27.7. The molecule has 0 spiro atoms. The first kappa shape index (κ1) is 11.0. The van der Waals surface area contributed by atoms with Gasteiger partial charge in [0, 0.05) is 16.3 Å². The predicted octanol–water partition coefficient (Wildman–Crippen LogP) is 2.79. The zero-order chi connectivity index (χ0) is 13.7. The molecule has 4 nitrogen and oxygen atoms in total. The summed E-state index contributed by atoms with van der Waals surface area (Å²) in [5.74, 6) is 0. The Morgan fingerprint density at radius 3 is 2.40 bits per heavy atom. The number of aromatic amines is 1. The van der Waals surface area contributed by atoms with Gasteiger partial charge in [-0.15, -0.1) is 0 Å². The van der Waals surface area contributed by atoms with Crippen LogP contribution in [0.1, 0.15) is 0 Å². The molecule has 0 aliphatic rings. The van der Waals surface area contributed by atoms with E-state index in [0.717, 1.165) is 5.39 Å². The highest BCUT2D eigenvalue weighted by Crippen LogP contribution is 2.21. The Bertz CT molecular complexity index is 1090. The van der Waals surface area contributed by atoms with Crippen molar-refractivity contribution in [2.75, 3.05) is 0 Å². The molecule has 0 amide bonds. The molecule has 0 saturated heterocycles. The molecule has 2 aromatic heterocycles. The zero-order valence-electron chi connectivity index (χ0n) is 10.3. The lowest BCUT2D eigenvalue weighted by Gasteiger charge is -2.04. The van der Waals surface area contributed by atoms with Gasteiger partial charge in [-0.3, -0.25) is 4.79 Å². The maximum atomic E-state index is 12.5. The molecule has 0 radical (unpaired) electrons. The minimum absolute atomic E-state index is 0.0717. The van der Waals surface area contributed by atoms with E-state index in [-0.39, 0.29) is 10.8 Å². The second-order valence-corrected chi connectivity index (χ2v) is 4.64. The zero-order valence-corrected chi connectivity index (χ0v) is 10.3. The first-order chi connectivity index (χ1) is 9.75. The van der Waals surface area contributed by atoms with Crippen LogP contribution in [0.3, 0.4) is 0 Å².